The van der Waals surface area contributed by atoms with Crippen molar-refractivity contribution in [2.75, 3.05) is 28.4 Å². The van der Waals surface area contributed by atoms with E-state index in [-0.39, 0.29) is 0 Å². The number of fused-ring (bicyclic) bond motifs is 4. The molecule has 0 radical (unpaired) electrons. The van der Waals surface area contributed by atoms with Crippen molar-refractivity contribution in [2.45, 2.75) is 0 Å². The number of methoxy groups -OCH3 is 4. The number of ether oxygens (including phenoxy) is 4. The summed E-state index contributed by atoms with van der Waals surface area (Å²) >= 11 is 0. The fourth-order valence-corrected chi connectivity index (χ4v) is 4.73. The molecule has 0 N–H and O–H groups in total. The lowest BCUT2D eigenvalue weighted by Gasteiger charge is -2.11. The molecular formula is C28H24O4. The van der Waals surface area contributed by atoms with Crippen LogP contribution in [0.4, 0.5) is 0 Å². The van der Waals surface area contributed by atoms with Crippen LogP contribution in [0.25, 0.3) is 0 Å². The van der Waals surface area contributed by atoms with Crippen LogP contribution in [0.1, 0.15) is 0 Å². The Morgan fingerprint density at radius 1 is 0.344 bits per heavy atom. The lowest BCUT2D eigenvalue weighted by molar-refractivity contribution is 0.403. The van der Waals surface area contributed by atoms with Crippen LogP contribution >= 0.6 is 0 Å². The van der Waals surface area contributed by atoms with Gasteiger partial charge in [-0.05, 0) is 45.1 Å². The van der Waals surface area contributed by atoms with Crippen molar-refractivity contribution in [3.8, 4) is 23.0 Å². The van der Waals surface area contributed by atoms with Gasteiger partial charge in [0.25, 0.3) is 0 Å². The minimum atomic E-state index is 0.786. The van der Waals surface area contributed by atoms with Crippen molar-refractivity contribution < 1.29 is 18.9 Å². The maximum atomic E-state index is 5.86. The Balaban J connectivity index is 2.47. The predicted octanol–water partition coefficient (Wildman–Crippen LogP) is 5.18. The highest BCUT2D eigenvalue weighted by Crippen LogP contribution is 2.28. The van der Waals surface area contributed by atoms with E-state index in [1.165, 1.54) is 0 Å². The maximum Gasteiger partial charge on any atom is 0.127 e. The number of hydrogen-bond donors (Lipinski definition) is 0. The second kappa shape index (κ2) is 7.97. The second-order valence-electron chi connectivity index (χ2n) is 7.53. The topological polar surface area (TPSA) is 36.9 Å². The van der Waals surface area contributed by atoms with Crippen LogP contribution in [0.15, 0.2) is 72.8 Å². The first-order valence-electron chi connectivity index (χ1n) is 10.4. The third kappa shape index (κ3) is 2.83. The van der Waals surface area contributed by atoms with Gasteiger partial charge in [-0.2, -0.15) is 0 Å². The van der Waals surface area contributed by atoms with Crippen LogP contribution in [0, 0.1) is 41.7 Å². The van der Waals surface area contributed by atoms with Gasteiger partial charge in [0.05, 0.1) is 28.4 Å². The number of benzene rings is 4. The first-order chi connectivity index (χ1) is 15.7. The average Bonchev–Trinajstić information content (AvgIpc) is 2.85. The van der Waals surface area contributed by atoms with E-state index >= 15 is 0 Å². The van der Waals surface area contributed by atoms with E-state index in [2.05, 4.69) is 24.3 Å². The quantitative estimate of drug-likeness (QED) is 0.398. The van der Waals surface area contributed by atoms with Gasteiger partial charge in [-0.3, -0.25) is 0 Å². The van der Waals surface area contributed by atoms with E-state index in [9.17, 15) is 0 Å². The van der Waals surface area contributed by atoms with Gasteiger partial charge in [-0.1, -0.05) is 48.5 Å². The standard InChI is InChI=1S/C28H24O4/c1-29-21-13-5-9-17-18-10-6-15-23(31-3)27(18)28-20(12-8-16-24(28)32-4)19-11-7-14-22(30-2)26(19)25(17)21/h5-16H,1-4H3/b18-17-,20-19-,26-25-,28-27-. The predicted molar refractivity (Wildman–Crippen MR) is 123 cm³/mol. The first kappa shape index (κ1) is 20.0. The smallest absolute Gasteiger partial charge is 0.127 e. The zero-order valence-electron chi connectivity index (χ0n) is 18.6. The van der Waals surface area contributed by atoms with E-state index in [0.717, 1.165) is 64.7 Å². The van der Waals surface area contributed by atoms with Gasteiger partial charge in [0.1, 0.15) is 23.0 Å². The number of rotatable bonds is 4. The SMILES string of the molecule is COc1cccc2/c1=c1/c(OC)ccc/c1=c1\cccc(OC)\c1=c1/c(OC)ccc/c1=2. The molecule has 0 aliphatic heterocycles. The third-order valence-electron chi connectivity index (χ3n) is 6.06. The first-order valence-corrected chi connectivity index (χ1v) is 10.4. The zero-order chi connectivity index (χ0) is 22.2. The summed E-state index contributed by atoms with van der Waals surface area (Å²) in [5.41, 5.74) is 0. The van der Waals surface area contributed by atoms with E-state index < -0.39 is 0 Å². The molecule has 0 fully saturated rings. The van der Waals surface area contributed by atoms with Crippen LogP contribution in [-0.2, 0) is 0 Å². The molecule has 1 aliphatic carbocycles. The van der Waals surface area contributed by atoms with Crippen molar-refractivity contribution in [3.63, 3.8) is 0 Å². The zero-order valence-corrected chi connectivity index (χ0v) is 18.6. The fourth-order valence-electron chi connectivity index (χ4n) is 4.73. The molecule has 0 spiro atoms. The molecule has 0 atom stereocenters. The largest absolute Gasteiger partial charge is 0.496 e. The lowest BCUT2D eigenvalue weighted by atomic mass is 10.00. The van der Waals surface area contributed by atoms with Crippen molar-refractivity contribution in [2.24, 2.45) is 0 Å². The molecule has 5 rings (SSSR count). The van der Waals surface area contributed by atoms with Gasteiger partial charge in [-0.25, -0.2) is 0 Å². The van der Waals surface area contributed by atoms with Gasteiger partial charge >= 0.3 is 0 Å². The molecule has 4 aromatic rings. The van der Waals surface area contributed by atoms with E-state index in [1.54, 1.807) is 28.4 Å². The van der Waals surface area contributed by atoms with Crippen LogP contribution in [0.5, 0.6) is 23.0 Å². The van der Waals surface area contributed by atoms with Gasteiger partial charge in [-0.15, -0.1) is 0 Å². The lowest BCUT2D eigenvalue weighted by Crippen LogP contribution is -1.98. The molecule has 32 heavy (non-hydrogen) atoms. The van der Waals surface area contributed by atoms with Crippen molar-refractivity contribution >= 4 is 0 Å². The van der Waals surface area contributed by atoms with Gasteiger partial charge < -0.3 is 18.9 Å². The summed E-state index contributed by atoms with van der Waals surface area (Å²) in [6, 6.07) is 24.5. The highest BCUT2D eigenvalue weighted by molar-refractivity contribution is 5.44. The highest BCUT2D eigenvalue weighted by Gasteiger charge is 2.11. The Kier molecular flexibility index (Phi) is 4.98. The van der Waals surface area contributed by atoms with Gasteiger partial charge in [0, 0.05) is 20.9 Å². The average molecular weight is 424 g/mol. The summed E-state index contributed by atoms with van der Waals surface area (Å²) in [5, 5.41) is 8.13. The van der Waals surface area contributed by atoms with E-state index in [0.29, 0.717) is 0 Å². The molecule has 0 aromatic heterocycles. The Labute approximate surface area is 185 Å². The molecule has 4 aromatic carbocycles. The molecule has 0 bridgehead atoms. The molecule has 0 saturated carbocycles. The summed E-state index contributed by atoms with van der Waals surface area (Å²) in [5.74, 6) is 3.14. The Hall–Kier alpha value is -3.92. The Morgan fingerprint density at radius 2 is 0.562 bits per heavy atom. The number of hydrogen-bond acceptors (Lipinski definition) is 4. The van der Waals surface area contributed by atoms with Crippen LogP contribution < -0.4 is 18.9 Å². The van der Waals surface area contributed by atoms with Crippen LogP contribution in [0.2, 0.25) is 0 Å². The van der Waals surface area contributed by atoms with Crippen LogP contribution in [-0.4, -0.2) is 28.4 Å². The van der Waals surface area contributed by atoms with Crippen molar-refractivity contribution in [1.29, 1.82) is 0 Å². The fraction of sp³-hybridized carbons (Fsp3) is 0.143. The highest BCUT2D eigenvalue weighted by atomic mass is 16.5. The molecule has 4 nitrogen and oxygen atoms in total. The third-order valence-corrected chi connectivity index (χ3v) is 6.06. The van der Waals surface area contributed by atoms with E-state index in [1.807, 2.05) is 48.5 Å². The molecule has 0 unspecified atom stereocenters. The van der Waals surface area contributed by atoms with Gasteiger partial charge in [0.2, 0.25) is 0 Å². The molecule has 0 amide bonds. The van der Waals surface area contributed by atoms with Crippen LogP contribution in [0.3, 0.4) is 0 Å². The summed E-state index contributed by atoms with van der Waals surface area (Å²) in [6.07, 6.45) is 0. The Morgan fingerprint density at radius 3 is 0.750 bits per heavy atom. The molecule has 4 heteroatoms. The monoisotopic (exact) mass is 424 g/mol. The second-order valence-corrected chi connectivity index (χ2v) is 7.53. The Bertz CT molecular complexity index is 1470. The van der Waals surface area contributed by atoms with Crippen molar-refractivity contribution in [3.05, 3.63) is 115 Å². The molecule has 160 valence electrons. The minimum absolute atomic E-state index is 0.786. The molecule has 0 heterocycles. The summed E-state index contributed by atoms with van der Waals surface area (Å²) in [4.78, 5) is 0. The molecular weight excluding hydrogens is 400 g/mol. The summed E-state index contributed by atoms with van der Waals surface area (Å²) in [7, 11) is 6.81. The van der Waals surface area contributed by atoms with Gasteiger partial charge in [0.15, 0.2) is 0 Å². The van der Waals surface area contributed by atoms with Crippen molar-refractivity contribution in [1.82, 2.24) is 0 Å². The maximum absolute atomic E-state index is 5.86. The molecule has 0 saturated heterocycles. The summed E-state index contributed by atoms with van der Waals surface area (Å²) in [6.45, 7) is 0. The van der Waals surface area contributed by atoms with E-state index in [4.69, 9.17) is 18.9 Å². The minimum Gasteiger partial charge on any atom is -0.496 e. The normalized spacial score (nSPS) is 15.6. The molecule has 1 aliphatic rings. The summed E-state index contributed by atoms with van der Waals surface area (Å²) < 4.78 is 23.4.